The molecule has 0 unspecified atom stereocenters. The first-order chi connectivity index (χ1) is 15.5. The van der Waals surface area contributed by atoms with Gasteiger partial charge in [-0.25, -0.2) is 8.42 Å². The molecule has 2 aliphatic heterocycles. The number of morpholine rings is 1. The van der Waals surface area contributed by atoms with Gasteiger partial charge in [0.2, 0.25) is 10.0 Å². The highest BCUT2D eigenvalue weighted by molar-refractivity contribution is 7.89. The molecule has 2 fully saturated rings. The summed E-state index contributed by atoms with van der Waals surface area (Å²) in [6.07, 6.45) is 3.82. The van der Waals surface area contributed by atoms with Gasteiger partial charge in [-0.2, -0.15) is 4.31 Å². The van der Waals surface area contributed by atoms with Crippen LogP contribution in [0.25, 0.3) is 0 Å². The smallest absolute Gasteiger partial charge is 0.251 e. The number of rotatable bonds is 7. The Balaban J connectivity index is 1.39. The van der Waals surface area contributed by atoms with Crippen LogP contribution in [0.1, 0.15) is 40.7 Å². The molecule has 1 amide bonds. The number of likely N-dealkylation sites (tertiary alicyclic amines) is 1. The van der Waals surface area contributed by atoms with Crippen molar-refractivity contribution < 1.29 is 17.9 Å². The molecule has 172 valence electrons. The Morgan fingerprint density at radius 3 is 2.31 bits per heavy atom. The first-order valence-corrected chi connectivity index (χ1v) is 12.7. The Morgan fingerprint density at radius 2 is 1.59 bits per heavy atom. The molecule has 2 aromatic rings. The minimum Gasteiger partial charge on any atom is -0.379 e. The van der Waals surface area contributed by atoms with Gasteiger partial charge in [0, 0.05) is 31.7 Å². The van der Waals surface area contributed by atoms with Gasteiger partial charge in [0.25, 0.3) is 5.91 Å². The van der Waals surface area contributed by atoms with Crippen LogP contribution < -0.4 is 5.32 Å². The first-order valence-electron chi connectivity index (χ1n) is 11.3. The third kappa shape index (κ3) is 5.56. The average Bonchev–Trinajstić information content (AvgIpc) is 2.84. The highest BCUT2D eigenvalue weighted by Gasteiger charge is 2.28. The van der Waals surface area contributed by atoms with E-state index in [1.165, 1.54) is 29.1 Å². The summed E-state index contributed by atoms with van der Waals surface area (Å²) >= 11 is 0. The molecule has 0 aliphatic carbocycles. The Kier molecular flexibility index (Phi) is 7.57. The first kappa shape index (κ1) is 22.9. The molecule has 0 saturated carbocycles. The summed E-state index contributed by atoms with van der Waals surface area (Å²) in [6, 6.07) is 14.5. The van der Waals surface area contributed by atoms with E-state index in [4.69, 9.17) is 4.74 Å². The van der Waals surface area contributed by atoms with Gasteiger partial charge in [-0.05, 0) is 55.3 Å². The Morgan fingerprint density at radius 1 is 0.906 bits per heavy atom. The SMILES string of the molecule is O=C(NCc1ccccc1S(=O)(=O)N1CCOCC1)c1ccc(CN2CCCCC2)cc1. The molecule has 0 spiro atoms. The van der Waals surface area contributed by atoms with Crippen molar-refractivity contribution >= 4 is 15.9 Å². The standard InChI is InChI=1S/C24H31N3O4S/c28-24(21-10-8-20(9-11-21)19-26-12-4-1-5-13-26)25-18-22-6-2-3-7-23(22)32(29,30)27-14-16-31-17-15-27/h2-3,6-11H,1,4-5,12-19H2,(H,25,28). The number of hydrogen-bond acceptors (Lipinski definition) is 5. The van der Waals surface area contributed by atoms with Crippen molar-refractivity contribution in [2.75, 3.05) is 39.4 Å². The van der Waals surface area contributed by atoms with Crippen molar-refractivity contribution in [3.05, 3.63) is 65.2 Å². The van der Waals surface area contributed by atoms with Crippen LogP contribution in [0.2, 0.25) is 0 Å². The fourth-order valence-electron chi connectivity index (χ4n) is 4.24. The lowest BCUT2D eigenvalue weighted by Gasteiger charge is -2.27. The van der Waals surface area contributed by atoms with Crippen molar-refractivity contribution in [1.82, 2.24) is 14.5 Å². The fraction of sp³-hybridized carbons (Fsp3) is 0.458. The van der Waals surface area contributed by atoms with E-state index in [9.17, 15) is 13.2 Å². The second kappa shape index (κ2) is 10.6. The van der Waals surface area contributed by atoms with E-state index < -0.39 is 10.0 Å². The summed E-state index contributed by atoms with van der Waals surface area (Å²) in [5.74, 6) is -0.215. The molecule has 2 aromatic carbocycles. The summed E-state index contributed by atoms with van der Waals surface area (Å²) in [5, 5.41) is 2.87. The third-order valence-electron chi connectivity index (χ3n) is 6.07. The van der Waals surface area contributed by atoms with Crippen LogP contribution in [0.3, 0.4) is 0 Å². The molecule has 2 aliphatic rings. The van der Waals surface area contributed by atoms with Crippen LogP contribution in [0.15, 0.2) is 53.4 Å². The molecule has 2 heterocycles. The van der Waals surface area contributed by atoms with Crippen molar-refractivity contribution in [1.29, 1.82) is 0 Å². The zero-order valence-corrected chi connectivity index (χ0v) is 19.1. The van der Waals surface area contributed by atoms with E-state index in [-0.39, 0.29) is 17.3 Å². The third-order valence-corrected chi connectivity index (χ3v) is 8.07. The summed E-state index contributed by atoms with van der Waals surface area (Å²) in [7, 11) is -3.63. The van der Waals surface area contributed by atoms with Crippen molar-refractivity contribution in [2.45, 2.75) is 37.2 Å². The van der Waals surface area contributed by atoms with E-state index in [2.05, 4.69) is 10.2 Å². The number of carbonyl (C=O) groups is 1. The largest absolute Gasteiger partial charge is 0.379 e. The van der Waals surface area contributed by atoms with Crippen LogP contribution in [-0.2, 0) is 27.8 Å². The number of nitrogens with one attached hydrogen (secondary N) is 1. The minimum absolute atomic E-state index is 0.147. The highest BCUT2D eigenvalue weighted by Crippen LogP contribution is 2.21. The van der Waals surface area contributed by atoms with Crippen LogP contribution in [0.4, 0.5) is 0 Å². The lowest BCUT2D eigenvalue weighted by molar-refractivity contribution is 0.0730. The number of amides is 1. The normalized spacial score (nSPS) is 18.4. The molecule has 32 heavy (non-hydrogen) atoms. The average molecular weight is 458 g/mol. The number of carbonyl (C=O) groups excluding carboxylic acids is 1. The van der Waals surface area contributed by atoms with E-state index in [1.807, 2.05) is 24.3 Å². The van der Waals surface area contributed by atoms with E-state index >= 15 is 0 Å². The van der Waals surface area contributed by atoms with E-state index in [1.54, 1.807) is 24.3 Å². The quantitative estimate of drug-likeness (QED) is 0.692. The van der Waals surface area contributed by atoms with Gasteiger partial charge in [0.05, 0.1) is 18.1 Å². The lowest BCUT2D eigenvalue weighted by Crippen LogP contribution is -2.41. The Labute approximate surface area is 190 Å². The highest BCUT2D eigenvalue weighted by atomic mass is 32.2. The van der Waals surface area contributed by atoms with Crippen LogP contribution >= 0.6 is 0 Å². The molecule has 7 nitrogen and oxygen atoms in total. The van der Waals surface area contributed by atoms with Gasteiger partial charge in [-0.3, -0.25) is 9.69 Å². The molecular formula is C24H31N3O4S. The molecular weight excluding hydrogens is 426 g/mol. The molecule has 8 heteroatoms. The molecule has 0 radical (unpaired) electrons. The zero-order valence-electron chi connectivity index (χ0n) is 18.3. The van der Waals surface area contributed by atoms with Crippen LogP contribution in [0.5, 0.6) is 0 Å². The molecule has 0 aromatic heterocycles. The number of benzene rings is 2. The van der Waals surface area contributed by atoms with E-state index in [0.717, 1.165) is 19.6 Å². The predicted molar refractivity (Wildman–Crippen MR) is 123 cm³/mol. The minimum atomic E-state index is -3.63. The second-order valence-corrected chi connectivity index (χ2v) is 10.2. The molecule has 4 rings (SSSR count). The van der Waals surface area contributed by atoms with Crippen molar-refractivity contribution in [3.8, 4) is 0 Å². The van der Waals surface area contributed by atoms with Gasteiger partial charge in [-0.15, -0.1) is 0 Å². The number of ether oxygens (including phenoxy) is 1. The molecule has 0 atom stereocenters. The number of sulfonamides is 1. The molecule has 2 saturated heterocycles. The van der Waals surface area contributed by atoms with Gasteiger partial charge < -0.3 is 10.1 Å². The second-order valence-electron chi connectivity index (χ2n) is 8.34. The lowest BCUT2D eigenvalue weighted by atomic mass is 10.1. The molecule has 1 N–H and O–H groups in total. The van der Waals surface area contributed by atoms with Crippen molar-refractivity contribution in [2.24, 2.45) is 0 Å². The van der Waals surface area contributed by atoms with Gasteiger partial charge in [-0.1, -0.05) is 36.8 Å². The molecule has 0 bridgehead atoms. The van der Waals surface area contributed by atoms with E-state index in [0.29, 0.717) is 37.4 Å². The van der Waals surface area contributed by atoms with Gasteiger partial charge >= 0.3 is 0 Å². The van der Waals surface area contributed by atoms with Crippen LogP contribution in [-0.4, -0.2) is 62.9 Å². The number of nitrogens with zero attached hydrogens (tertiary/aromatic N) is 2. The summed E-state index contributed by atoms with van der Waals surface area (Å²) in [6.45, 7) is 4.80. The summed E-state index contributed by atoms with van der Waals surface area (Å²) in [5.41, 5.74) is 2.35. The van der Waals surface area contributed by atoms with Crippen LogP contribution in [0, 0.1) is 0 Å². The number of hydrogen-bond donors (Lipinski definition) is 1. The Bertz CT molecular complexity index is 1010. The van der Waals surface area contributed by atoms with Crippen molar-refractivity contribution in [3.63, 3.8) is 0 Å². The predicted octanol–water partition coefficient (Wildman–Crippen LogP) is 2.62. The topological polar surface area (TPSA) is 79.0 Å². The maximum atomic E-state index is 13.1. The van der Waals surface area contributed by atoms with Gasteiger partial charge in [0.15, 0.2) is 0 Å². The maximum Gasteiger partial charge on any atom is 0.251 e. The summed E-state index contributed by atoms with van der Waals surface area (Å²) < 4.78 is 32.9. The fourth-order valence-corrected chi connectivity index (χ4v) is 5.87. The monoisotopic (exact) mass is 457 g/mol. The Hall–Kier alpha value is -2.26. The zero-order chi connectivity index (χ0) is 22.4. The summed E-state index contributed by atoms with van der Waals surface area (Å²) in [4.78, 5) is 15.4. The maximum absolute atomic E-state index is 13.1. The number of piperidine rings is 1. The van der Waals surface area contributed by atoms with Gasteiger partial charge in [0.1, 0.15) is 0 Å².